The molecule has 20 heavy (non-hydrogen) atoms. The van der Waals surface area contributed by atoms with Crippen molar-refractivity contribution in [1.82, 2.24) is 0 Å². The topological polar surface area (TPSA) is 57.9 Å². The maximum Gasteiger partial charge on any atom is 0.197 e. The summed E-state index contributed by atoms with van der Waals surface area (Å²) in [6.07, 6.45) is 2.12. The second-order valence-corrected chi connectivity index (χ2v) is 7.62. The lowest BCUT2D eigenvalue weighted by Gasteiger charge is -2.26. The molecule has 0 unspecified atom stereocenters. The summed E-state index contributed by atoms with van der Waals surface area (Å²) >= 11 is 0. The van der Waals surface area contributed by atoms with Crippen LogP contribution in [0.5, 0.6) is 0 Å². The SMILES string of the molecule is CCCC(C#N)(CCC)S(=O)(=O)c1ccc(C)c(C)c1. The molecule has 1 aromatic carbocycles. The van der Waals surface area contributed by atoms with Crippen molar-refractivity contribution >= 4 is 9.84 Å². The zero-order valence-electron chi connectivity index (χ0n) is 12.7. The van der Waals surface area contributed by atoms with Gasteiger partial charge in [0.05, 0.1) is 11.0 Å². The molecule has 0 aliphatic heterocycles. The molecule has 0 spiro atoms. The Hall–Kier alpha value is -1.34. The standard InChI is InChI=1S/C16H23NO2S/c1-5-9-16(12-17,10-6-2)20(18,19)15-8-7-13(3)14(4)11-15/h7-8,11H,5-6,9-10H2,1-4H3. The van der Waals surface area contributed by atoms with E-state index in [1.54, 1.807) is 12.1 Å². The number of aryl methyl sites for hydroxylation is 2. The zero-order valence-corrected chi connectivity index (χ0v) is 13.5. The van der Waals surface area contributed by atoms with Crippen molar-refractivity contribution in [2.45, 2.75) is 63.0 Å². The maximum absolute atomic E-state index is 12.9. The average Bonchev–Trinajstić information content (AvgIpc) is 2.41. The van der Waals surface area contributed by atoms with Crippen LogP contribution in [0.1, 0.15) is 50.7 Å². The third kappa shape index (κ3) is 2.88. The summed E-state index contributed by atoms with van der Waals surface area (Å²) in [4.78, 5) is 0.268. The Bertz CT molecular complexity index is 606. The van der Waals surface area contributed by atoms with Crippen LogP contribution in [-0.2, 0) is 9.84 Å². The predicted molar refractivity (Wildman–Crippen MR) is 81.3 cm³/mol. The fourth-order valence-corrected chi connectivity index (χ4v) is 4.58. The first-order valence-corrected chi connectivity index (χ1v) is 8.56. The van der Waals surface area contributed by atoms with Crippen LogP contribution in [0, 0.1) is 25.2 Å². The first-order chi connectivity index (χ1) is 9.34. The van der Waals surface area contributed by atoms with Gasteiger partial charge in [-0.25, -0.2) is 8.42 Å². The molecular weight excluding hydrogens is 270 g/mol. The molecule has 110 valence electrons. The molecule has 0 atom stereocenters. The molecule has 0 aromatic heterocycles. The Morgan fingerprint density at radius 2 is 1.65 bits per heavy atom. The van der Waals surface area contributed by atoms with Crippen molar-refractivity contribution in [1.29, 1.82) is 5.26 Å². The molecule has 0 radical (unpaired) electrons. The van der Waals surface area contributed by atoms with Crippen LogP contribution in [0.4, 0.5) is 0 Å². The zero-order chi connectivity index (χ0) is 15.4. The molecular formula is C16H23NO2S. The molecule has 3 nitrogen and oxygen atoms in total. The summed E-state index contributed by atoms with van der Waals surface area (Å²) < 4.78 is 24.5. The molecule has 4 heteroatoms. The van der Waals surface area contributed by atoms with E-state index < -0.39 is 14.6 Å². The summed E-state index contributed by atoms with van der Waals surface area (Å²) in [7, 11) is -3.64. The van der Waals surface area contributed by atoms with Crippen LogP contribution in [0.25, 0.3) is 0 Å². The van der Waals surface area contributed by atoms with E-state index in [4.69, 9.17) is 0 Å². The van der Waals surface area contributed by atoms with Gasteiger partial charge in [-0.05, 0) is 49.9 Å². The van der Waals surface area contributed by atoms with Crippen LogP contribution in [-0.4, -0.2) is 13.2 Å². The highest BCUT2D eigenvalue weighted by molar-refractivity contribution is 7.93. The Morgan fingerprint density at radius 3 is 2.05 bits per heavy atom. The highest BCUT2D eigenvalue weighted by Gasteiger charge is 2.43. The van der Waals surface area contributed by atoms with Gasteiger partial charge in [0.15, 0.2) is 14.6 Å². The summed E-state index contributed by atoms with van der Waals surface area (Å²) in [5.74, 6) is 0. The van der Waals surface area contributed by atoms with Crippen molar-refractivity contribution in [3.63, 3.8) is 0 Å². The monoisotopic (exact) mass is 293 g/mol. The predicted octanol–water partition coefficient (Wildman–Crippen LogP) is 3.94. The van der Waals surface area contributed by atoms with Gasteiger partial charge in [0, 0.05) is 0 Å². The Labute approximate surface area is 122 Å². The van der Waals surface area contributed by atoms with Crippen molar-refractivity contribution in [2.24, 2.45) is 0 Å². The van der Waals surface area contributed by atoms with Crippen LogP contribution >= 0.6 is 0 Å². The van der Waals surface area contributed by atoms with E-state index in [-0.39, 0.29) is 4.90 Å². The summed E-state index contributed by atoms with van der Waals surface area (Å²) in [6.45, 7) is 7.67. The number of rotatable bonds is 6. The number of nitrogens with zero attached hydrogens (tertiary/aromatic N) is 1. The molecule has 0 saturated heterocycles. The lowest BCUT2D eigenvalue weighted by Crippen LogP contribution is -2.37. The molecule has 0 heterocycles. The molecule has 0 saturated carbocycles. The van der Waals surface area contributed by atoms with E-state index in [2.05, 4.69) is 6.07 Å². The number of hydrogen-bond donors (Lipinski definition) is 0. The van der Waals surface area contributed by atoms with Crippen LogP contribution in [0.15, 0.2) is 23.1 Å². The largest absolute Gasteiger partial charge is 0.222 e. The second kappa shape index (κ2) is 6.41. The Kier molecular flexibility index (Phi) is 5.35. The van der Waals surface area contributed by atoms with Crippen molar-refractivity contribution in [3.05, 3.63) is 29.3 Å². The van der Waals surface area contributed by atoms with E-state index in [1.807, 2.05) is 33.8 Å². The first kappa shape index (κ1) is 16.7. The molecule has 0 fully saturated rings. The number of nitriles is 1. The summed E-state index contributed by atoms with van der Waals surface area (Å²) in [5, 5.41) is 9.53. The van der Waals surface area contributed by atoms with Gasteiger partial charge in [0.2, 0.25) is 0 Å². The third-order valence-electron chi connectivity index (χ3n) is 3.81. The van der Waals surface area contributed by atoms with Crippen LogP contribution in [0.3, 0.4) is 0 Å². The normalized spacial score (nSPS) is 12.2. The molecule has 0 aliphatic rings. The average molecular weight is 293 g/mol. The number of sulfone groups is 1. The molecule has 1 rings (SSSR count). The maximum atomic E-state index is 12.9. The highest BCUT2D eigenvalue weighted by atomic mass is 32.2. The van der Waals surface area contributed by atoms with E-state index >= 15 is 0 Å². The number of benzene rings is 1. The van der Waals surface area contributed by atoms with E-state index in [0.717, 1.165) is 11.1 Å². The van der Waals surface area contributed by atoms with Crippen molar-refractivity contribution in [3.8, 4) is 6.07 Å². The summed E-state index contributed by atoms with van der Waals surface area (Å²) in [6, 6.07) is 7.21. The minimum Gasteiger partial charge on any atom is -0.222 e. The smallest absolute Gasteiger partial charge is 0.197 e. The van der Waals surface area contributed by atoms with Gasteiger partial charge >= 0.3 is 0 Å². The van der Waals surface area contributed by atoms with E-state index in [1.165, 1.54) is 0 Å². The van der Waals surface area contributed by atoms with Crippen molar-refractivity contribution in [2.75, 3.05) is 0 Å². The lowest BCUT2D eigenvalue weighted by atomic mass is 9.99. The van der Waals surface area contributed by atoms with Crippen molar-refractivity contribution < 1.29 is 8.42 Å². The Morgan fingerprint density at radius 1 is 1.10 bits per heavy atom. The quantitative estimate of drug-likeness (QED) is 0.798. The fourth-order valence-electron chi connectivity index (χ4n) is 2.48. The molecule has 0 aliphatic carbocycles. The van der Waals surface area contributed by atoms with E-state index in [9.17, 15) is 13.7 Å². The van der Waals surface area contributed by atoms with Gasteiger partial charge in [-0.3, -0.25) is 0 Å². The van der Waals surface area contributed by atoms with Gasteiger partial charge in [0.25, 0.3) is 0 Å². The molecule has 0 N–H and O–H groups in total. The Balaban J connectivity index is 3.44. The number of hydrogen-bond acceptors (Lipinski definition) is 3. The van der Waals surface area contributed by atoms with Gasteiger partial charge in [0.1, 0.15) is 0 Å². The van der Waals surface area contributed by atoms with Gasteiger partial charge in [-0.15, -0.1) is 0 Å². The van der Waals surface area contributed by atoms with Gasteiger partial charge in [-0.1, -0.05) is 32.8 Å². The highest BCUT2D eigenvalue weighted by Crippen LogP contribution is 2.34. The first-order valence-electron chi connectivity index (χ1n) is 7.07. The molecule has 1 aromatic rings. The molecule has 0 amide bonds. The second-order valence-electron chi connectivity index (χ2n) is 5.36. The molecule has 0 bridgehead atoms. The van der Waals surface area contributed by atoms with Crippen LogP contribution < -0.4 is 0 Å². The lowest BCUT2D eigenvalue weighted by molar-refractivity contribution is 0.509. The van der Waals surface area contributed by atoms with Gasteiger partial charge in [-0.2, -0.15) is 5.26 Å². The van der Waals surface area contributed by atoms with Crippen LogP contribution in [0.2, 0.25) is 0 Å². The van der Waals surface area contributed by atoms with E-state index in [0.29, 0.717) is 25.7 Å². The summed E-state index contributed by atoms with van der Waals surface area (Å²) in [5.41, 5.74) is 1.99. The minimum atomic E-state index is -3.64. The van der Waals surface area contributed by atoms with Gasteiger partial charge < -0.3 is 0 Å². The third-order valence-corrected chi connectivity index (χ3v) is 6.22. The fraction of sp³-hybridized carbons (Fsp3) is 0.562. The minimum absolute atomic E-state index is 0.268.